The molecule has 24 heavy (non-hydrogen) atoms. The molecule has 2 rings (SSSR count). The second-order valence-electron chi connectivity index (χ2n) is 6.89. The normalized spacial score (nSPS) is 16.1. The second kappa shape index (κ2) is 8.29. The number of carbonyl (C=O) groups is 2. The van der Waals surface area contributed by atoms with Gasteiger partial charge >= 0.3 is 0 Å². The maximum absolute atomic E-state index is 12.7. The van der Waals surface area contributed by atoms with Crippen LogP contribution in [0.1, 0.15) is 36.2 Å². The average molecular weight is 331 g/mol. The van der Waals surface area contributed by atoms with Crippen molar-refractivity contribution in [3.8, 4) is 0 Å². The van der Waals surface area contributed by atoms with E-state index in [0.717, 1.165) is 37.2 Å². The van der Waals surface area contributed by atoms with Gasteiger partial charge in [-0.25, -0.2) is 0 Å². The fourth-order valence-corrected chi connectivity index (χ4v) is 2.88. The van der Waals surface area contributed by atoms with Gasteiger partial charge in [-0.2, -0.15) is 0 Å². The highest BCUT2D eigenvalue weighted by Gasteiger charge is 2.22. The van der Waals surface area contributed by atoms with E-state index < -0.39 is 0 Å². The van der Waals surface area contributed by atoms with Gasteiger partial charge in [0, 0.05) is 44.8 Å². The Kier molecular flexibility index (Phi) is 6.37. The van der Waals surface area contributed by atoms with Crippen LogP contribution < -0.4 is 0 Å². The Morgan fingerprint density at radius 3 is 2.58 bits per heavy atom. The lowest BCUT2D eigenvalue weighted by molar-refractivity contribution is -0.132. The Labute approximate surface area is 145 Å². The summed E-state index contributed by atoms with van der Waals surface area (Å²) >= 11 is 0. The number of hydrogen-bond acceptors (Lipinski definition) is 3. The molecule has 1 aliphatic rings. The van der Waals surface area contributed by atoms with Crippen LogP contribution in [0.15, 0.2) is 24.3 Å². The van der Waals surface area contributed by atoms with Crippen LogP contribution >= 0.6 is 0 Å². The first-order valence-corrected chi connectivity index (χ1v) is 8.72. The minimum absolute atomic E-state index is 0.0891. The lowest BCUT2D eigenvalue weighted by Crippen LogP contribution is -2.42. The molecule has 5 nitrogen and oxygen atoms in total. The summed E-state index contributed by atoms with van der Waals surface area (Å²) in [6.45, 7) is 9.48. The van der Waals surface area contributed by atoms with E-state index >= 15 is 0 Å². The molecular weight excluding hydrogens is 302 g/mol. The largest absolute Gasteiger partial charge is 0.342 e. The van der Waals surface area contributed by atoms with Crippen molar-refractivity contribution in [1.29, 1.82) is 0 Å². The average Bonchev–Trinajstić information content (AvgIpc) is 2.78. The van der Waals surface area contributed by atoms with Crippen molar-refractivity contribution in [3.05, 3.63) is 35.4 Å². The molecule has 1 aromatic rings. The van der Waals surface area contributed by atoms with E-state index in [4.69, 9.17) is 0 Å². The standard InChI is InChI=1S/C19H29N3O2/c1-15(2)20(4)18(23)14-21-9-6-10-22(12-11-21)19(24)17-8-5-7-16(3)13-17/h5,7-8,13,15H,6,9-12,14H2,1-4H3. The zero-order valence-corrected chi connectivity index (χ0v) is 15.3. The molecule has 1 saturated heterocycles. The van der Waals surface area contributed by atoms with Crippen molar-refractivity contribution >= 4 is 11.8 Å². The van der Waals surface area contributed by atoms with E-state index in [1.807, 2.05) is 57.0 Å². The smallest absolute Gasteiger partial charge is 0.253 e. The summed E-state index contributed by atoms with van der Waals surface area (Å²) in [5.41, 5.74) is 1.85. The Hall–Kier alpha value is -1.88. The number of benzene rings is 1. The highest BCUT2D eigenvalue weighted by Crippen LogP contribution is 2.11. The van der Waals surface area contributed by atoms with Crippen molar-refractivity contribution in [2.75, 3.05) is 39.8 Å². The molecule has 0 atom stereocenters. The number of hydrogen-bond donors (Lipinski definition) is 0. The summed E-state index contributed by atoms with van der Waals surface area (Å²) in [5.74, 6) is 0.231. The minimum atomic E-state index is 0.0891. The molecule has 1 aliphatic heterocycles. The predicted octanol–water partition coefficient (Wildman–Crippen LogP) is 2.01. The summed E-state index contributed by atoms with van der Waals surface area (Å²) in [6.07, 6.45) is 0.899. The van der Waals surface area contributed by atoms with Crippen LogP contribution in [-0.4, -0.2) is 72.3 Å². The van der Waals surface area contributed by atoms with Gasteiger partial charge in [-0.1, -0.05) is 17.7 Å². The van der Waals surface area contributed by atoms with Crippen LogP contribution in [0, 0.1) is 6.92 Å². The van der Waals surface area contributed by atoms with Gasteiger partial charge < -0.3 is 9.80 Å². The number of likely N-dealkylation sites (N-methyl/N-ethyl adjacent to an activating group) is 1. The van der Waals surface area contributed by atoms with Crippen LogP contribution in [0.2, 0.25) is 0 Å². The third-order valence-electron chi connectivity index (χ3n) is 4.67. The van der Waals surface area contributed by atoms with E-state index in [0.29, 0.717) is 13.1 Å². The highest BCUT2D eigenvalue weighted by atomic mass is 16.2. The van der Waals surface area contributed by atoms with Crippen molar-refractivity contribution in [1.82, 2.24) is 14.7 Å². The van der Waals surface area contributed by atoms with Gasteiger partial charge in [-0.05, 0) is 39.3 Å². The molecule has 2 amide bonds. The van der Waals surface area contributed by atoms with E-state index in [1.54, 1.807) is 4.90 Å². The topological polar surface area (TPSA) is 43.9 Å². The van der Waals surface area contributed by atoms with E-state index in [9.17, 15) is 9.59 Å². The van der Waals surface area contributed by atoms with Gasteiger partial charge in [0.1, 0.15) is 0 Å². The van der Waals surface area contributed by atoms with E-state index in [1.165, 1.54) is 0 Å². The second-order valence-corrected chi connectivity index (χ2v) is 6.89. The lowest BCUT2D eigenvalue weighted by atomic mass is 10.1. The molecule has 0 spiro atoms. The first kappa shape index (κ1) is 18.5. The quantitative estimate of drug-likeness (QED) is 0.848. The molecule has 0 saturated carbocycles. The van der Waals surface area contributed by atoms with Gasteiger partial charge in [0.25, 0.3) is 5.91 Å². The van der Waals surface area contributed by atoms with Crippen LogP contribution in [0.25, 0.3) is 0 Å². The van der Waals surface area contributed by atoms with Crippen molar-refractivity contribution in [2.24, 2.45) is 0 Å². The van der Waals surface area contributed by atoms with Crippen LogP contribution in [0.5, 0.6) is 0 Å². The summed E-state index contributed by atoms with van der Waals surface area (Å²) < 4.78 is 0. The Morgan fingerprint density at radius 2 is 1.92 bits per heavy atom. The van der Waals surface area contributed by atoms with Crippen molar-refractivity contribution in [3.63, 3.8) is 0 Å². The predicted molar refractivity (Wildman–Crippen MR) is 96.0 cm³/mol. The van der Waals surface area contributed by atoms with Gasteiger partial charge in [-0.3, -0.25) is 14.5 Å². The highest BCUT2D eigenvalue weighted by molar-refractivity contribution is 5.94. The molecule has 132 valence electrons. The zero-order valence-electron chi connectivity index (χ0n) is 15.3. The van der Waals surface area contributed by atoms with Crippen LogP contribution in [-0.2, 0) is 4.79 Å². The first-order valence-electron chi connectivity index (χ1n) is 8.72. The molecule has 0 bridgehead atoms. The molecule has 5 heteroatoms. The Bertz CT molecular complexity index is 586. The summed E-state index contributed by atoms with van der Waals surface area (Å²) in [4.78, 5) is 30.8. The van der Waals surface area contributed by atoms with E-state index in [-0.39, 0.29) is 17.9 Å². The molecular formula is C19H29N3O2. The fraction of sp³-hybridized carbons (Fsp3) is 0.579. The summed E-state index contributed by atoms with van der Waals surface area (Å²) in [6, 6.07) is 7.94. The number of rotatable bonds is 4. The third kappa shape index (κ3) is 4.81. The molecule has 0 unspecified atom stereocenters. The van der Waals surface area contributed by atoms with Gasteiger partial charge in [0.15, 0.2) is 0 Å². The van der Waals surface area contributed by atoms with Gasteiger partial charge in [-0.15, -0.1) is 0 Å². The van der Waals surface area contributed by atoms with Crippen molar-refractivity contribution in [2.45, 2.75) is 33.2 Å². The first-order chi connectivity index (χ1) is 11.4. The molecule has 1 aromatic carbocycles. The minimum Gasteiger partial charge on any atom is -0.342 e. The fourth-order valence-electron chi connectivity index (χ4n) is 2.88. The maximum Gasteiger partial charge on any atom is 0.253 e. The molecule has 0 N–H and O–H groups in total. The molecule has 0 aliphatic carbocycles. The summed E-state index contributed by atoms with van der Waals surface area (Å²) in [7, 11) is 1.85. The van der Waals surface area contributed by atoms with Gasteiger partial charge in [0.05, 0.1) is 6.54 Å². The number of nitrogens with zero attached hydrogens (tertiary/aromatic N) is 3. The summed E-state index contributed by atoms with van der Waals surface area (Å²) in [5, 5.41) is 0. The van der Waals surface area contributed by atoms with Crippen LogP contribution in [0.4, 0.5) is 0 Å². The number of aryl methyl sites for hydroxylation is 1. The van der Waals surface area contributed by atoms with E-state index in [2.05, 4.69) is 4.90 Å². The molecule has 1 fully saturated rings. The lowest BCUT2D eigenvalue weighted by Gasteiger charge is -2.26. The maximum atomic E-state index is 12.7. The number of carbonyl (C=O) groups excluding carboxylic acids is 2. The van der Waals surface area contributed by atoms with Crippen LogP contribution in [0.3, 0.4) is 0 Å². The Balaban J connectivity index is 1.93. The molecule has 0 aromatic heterocycles. The molecule has 1 heterocycles. The molecule has 0 radical (unpaired) electrons. The SMILES string of the molecule is Cc1cccc(C(=O)N2CCCN(CC(=O)N(C)C(C)C)CC2)c1. The van der Waals surface area contributed by atoms with Crippen molar-refractivity contribution < 1.29 is 9.59 Å². The monoisotopic (exact) mass is 331 g/mol. The third-order valence-corrected chi connectivity index (χ3v) is 4.67. The zero-order chi connectivity index (χ0) is 17.7. The van der Waals surface area contributed by atoms with Gasteiger partial charge in [0.2, 0.25) is 5.91 Å². The Morgan fingerprint density at radius 1 is 1.17 bits per heavy atom. The number of amides is 2.